The van der Waals surface area contributed by atoms with Crippen LogP contribution in [0.25, 0.3) is 0 Å². The number of pyridine rings is 1. The van der Waals surface area contributed by atoms with E-state index in [1.807, 2.05) is 0 Å². The van der Waals surface area contributed by atoms with Crippen molar-refractivity contribution >= 4 is 45.8 Å². The van der Waals surface area contributed by atoms with Crippen LogP contribution in [0.4, 0.5) is 5.00 Å². The van der Waals surface area contributed by atoms with Crippen molar-refractivity contribution in [2.45, 2.75) is 6.92 Å². The highest BCUT2D eigenvalue weighted by Crippen LogP contribution is 2.34. The minimum Gasteiger partial charge on any atom is -0.465 e. The molecule has 7 nitrogen and oxygen atoms in total. The van der Waals surface area contributed by atoms with Gasteiger partial charge in [-0.15, -0.1) is 11.3 Å². The molecule has 2 aromatic heterocycles. The van der Waals surface area contributed by atoms with Crippen LogP contribution >= 0.6 is 22.9 Å². The van der Waals surface area contributed by atoms with Gasteiger partial charge in [0.05, 0.1) is 25.3 Å². The van der Waals surface area contributed by atoms with Crippen molar-refractivity contribution in [1.29, 1.82) is 0 Å². The first-order valence-corrected chi connectivity index (χ1v) is 7.82. The molecule has 126 valence electrons. The monoisotopic (exact) mass is 368 g/mol. The number of nitrogens with zero attached hydrogens (tertiary/aromatic N) is 1. The fourth-order valence-electron chi connectivity index (χ4n) is 1.96. The molecule has 1 amide bonds. The van der Waals surface area contributed by atoms with Crippen molar-refractivity contribution in [1.82, 2.24) is 4.98 Å². The van der Waals surface area contributed by atoms with E-state index in [1.54, 1.807) is 13.0 Å². The van der Waals surface area contributed by atoms with Crippen LogP contribution in [0.3, 0.4) is 0 Å². The van der Waals surface area contributed by atoms with Crippen molar-refractivity contribution in [2.75, 3.05) is 19.5 Å². The number of hydrogen-bond acceptors (Lipinski definition) is 7. The maximum absolute atomic E-state index is 12.4. The Kier molecular flexibility index (Phi) is 5.53. The molecule has 0 spiro atoms. The highest BCUT2D eigenvalue weighted by atomic mass is 35.5. The fraction of sp³-hybridized carbons (Fsp3) is 0.200. The molecule has 0 saturated carbocycles. The van der Waals surface area contributed by atoms with Crippen LogP contribution in [0.1, 0.15) is 36.0 Å². The van der Waals surface area contributed by atoms with Crippen LogP contribution in [0, 0.1) is 6.92 Å². The number of anilines is 1. The Hall–Kier alpha value is -2.45. The van der Waals surface area contributed by atoms with Gasteiger partial charge < -0.3 is 14.8 Å². The van der Waals surface area contributed by atoms with Crippen LogP contribution in [0.15, 0.2) is 18.3 Å². The molecule has 0 aliphatic heterocycles. The Morgan fingerprint density at radius 3 is 2.46 bits per heavy atom. The predicted molar refractivity (Wildman–Crippen MR) is 88.9 cm³/mol. The van der Waals surface area contributed by atoms with E-state index in [9.17, 15) is 14.4 Å². The molecular formula is C15H13ClN2O5S. The first-order chi connectivity index (χ1) is 11.4. The molecule has 0 bridgehead atoms. The summed E-state index contributed by atoms with van der Waals surface area (Å²) in [6, 6.07) is 3.05. The summed E-state index contributed by atoms with van der Waals surface area (Å²) in [6.45, 7) is 1.57. The molecule has 2 rings (SSSR count). The number of halogens is 1. The number of carbonyl (C=O) groups is 3. The smallest absolute Gasteiger partial charge is 0.348 e. The summed E-state index contributed by atoms with van der Waals surface area (Å²) in [5.74, 6) is -1.84. The summed E-state index contributed by atoms with van der Waals surface area (Å²) >= 11 is 6.81. The van der Waals surface area contributed by atoms with E-state index in [-0.39, 0.29) is 26.2 Å². The number of hydrogen-bond donors (Lipinski definition) is 1. The quantitative estimate of drug-likeness (QED) is 0.658. The molecule has 0 unspecified atom stereocenters. The lowest BCUT2D eigenvalue weighted by Gasteiger charge is -2.06. The van der Waals surface area contributed by atoms with Crippen LogP contribution in [-0.4, -0.2) is 37.0 Å². The third kappa shape index (κ3) is 3.39. The normalized spacial score (nSPS) is 10.2. The molecule has 0 aliphatic rings. The number of amides is 1. The van der Waals surface area contributed by atoms with E-state index >= 15 is 0 Å². The molecule has 0 radical (unpaired) electrons. The number of thiophene rings is 1. The molecular weight excluding hydrogens is 356 g/mol. The molecule has 24 heavy (non-hydrogen) atoms. The first kappa shape index (κ1) is 17.9. The summed E-state index contributed by atoms with van der Waals surface area (Å²) in [7, 11) is 2.44. The molecule has 0 aromatic carbocycles. The third-order valence-corrected chi connectivity index (χ3v) is 4.63. The van der Waals surface area contributed by atoms with Gasteiger partial charge in [-0.25, -0.2) is 14.6 Å². The summed E-state index contributed by atoms with van der Waals surface area (Å²) in [5.41, 5.74) is 0.600. The molecule has 2 heterocycles. The Balaban J connectivity index is 2.46. The number of aromatic nitrogens is 1. The Bertz CT molecular complexity index is 818. The van der Waals surface area contributed by atoms with Gasteiger partial charge in [0.1, 0.15) is 15.0 Å². The maximum atomic E-state index is 12.4. The lowest BCUT2D eigenvalue weighted by atomic mass is 10.1. The summed E-state index contributed by atoms with van der Waals surface area (Å²) in [4.78, 5) is 40.2. The molecule has 9 heteroatoms. The third-order valence-electron chi connectivity index (χ3n) is 3.14. The zero-order chi connectivity index (χ0) is 17.9. The van der Waals surface area contributed by atoms with Crippen LogP contribution < -0.4 is 5.32 Å². The van der Waals surface area contributed by atoms with Crippen LogP contribution in [0.5, 0.6) is 0 Å². The van der Waals surface area contributed by atoms with E-state index < -0.39 is 17.8 Å². The van der Waals surface area contributed by atoms with Gasteiger partial charge >= 0.3 is 11.9 Å². The lowest BCUT2D eigenvalue weighted by Crippen LogP contribution is -2.15. The molecule has 1 N–H and O–H groups in total. The number of methoxy groups -OCH3 is 2. The highest BCUT2D eigenvalue weighted by molar-refractivity contribution is 7.18. The summed E-state index contributed by atoms with van der Waals surface area (Å²) in [5, 5.41) is 2.76. The molecule has 0 fully saturated rings. The van der Waals surface area contributed by atoms with E-state index in [1.165, 1.54) is 26.5 Å². The number of ether oxygens (including phenoxy) is 2. The zero-order valence-electron chi connectivity index (χ0n) is 13.0. The highest BCUT2D eigenvalue weighted by Gasteiger charge is 2.27. The minimum absolute atomic E-state index is 0.0242. The largest absolute Gasteiger partial charge is 0.465 e. The lowest BCUT2D eigenvalue weighted by molar-refractivity contribution is 0.0601. The van der Waals surface area contributed by atoms with Crippen molar-refractivity contribution in [2.24, 2.45) is 0 Å². The van der Waals surface area contributed by atoms with Crippen LogP contribution in [-0.2, 0) is 9.47 Å². The van der Waals surface area contributed by atoms with Gasteiger partial charge in [-0.2, -0.15) is 0 Å². The summed E-state index contributed by atoms with van der Waals surface area (Å²) < 4.78 is 9.40. The Morgan fingerprint density at radius 2 is 1.88 bits per heavy atom. The molecule has 0 atom stereocenters. The number of nitrogens with one attached hydrogen (secondary N) is 1. The van der Waals surface area contributed by atoms with Gasteiger partial charge in [-0.3, -0.25) is 4.79 Å². The molecule has 2 aromatic rings. The Morgan fingerprint density at radius 1 is 1.21 bits per heavy atom. The van der Waals surface area contributed by atoms with E-state index in [4.69, 9.17) is 16.3 Å². The topological polar surface area (TPSA) is 94.6 Å². The van der Waals surface area contributed by atoms with Gasteiger partial charge in [0.25, 0.3) is 5.91 Å². The van der Waals surface area contributed by atoms with Crippen LogP contribution in [0.2, 0.25) is 5.15 Å². The summed E-state index contributed by atoms with van der Waals surface area (Å²) in [6.07, 6.45) is 1.45. The van der Waals surface area contributed by atoms with E-state index in [2.05, 4.69) is 15.0 Å². The van der Waals surface area contributed by atoms with Gasteiger partial charge in [0.2, 0.25) is 0 Å². The van der Waals surface area contributed by atoms with Crippen molar-refractivity contribution in [3.63, 3.8) is 0 Å². The van der Waals surface area contributed by atoms with E-state index in [0.29, 0.717) is 5.56 Å². The van der Waals surface area contributed by atoms with Crippen molar-refractivity contribution in [3.05, 3.63) is 45.1 Å². The van der Waals surface area contributed by atoms with E-state index in [0.717, 1.165) is 11.3 Å². The second-order valence-electron chi connectivity index (χ2n) is 4.54. The second kappa shape index (κ2) is 7.41. The fourth-order valence-corrected chi connectivity index (χ4v) is 3.28. The SMILES string of the molecule is COC(=O)c1sc(NC(=O)c2cccnc2Cl)c(C(=O)OC)c1C. The predicted octanol–water partition coefficient (Wildman–Crippen LogP) is 2.93. The van der Waals surface area contributed by atoms with Gasteiger partial charge in [0.15, 0.2) is 0 Å². The average Bonchev–Trinajstić information content (AvgIpc) is 2.90. The number of esters is 2. The number of carbonyl (C=O) groups excluding carboxylic acids is 3. The molecule has 0 saturated heterocycles. The Labute approximate surface area is 146 Å². The maximum Gasteiger partial charge on any atom is 0.348 e. The average molecular weight is 369 g/mol. The number of rotatable bonds is 4. The van der Waals surface area contributed by atoms with Gasteiger partial charge in [0, 0.05) is 6.20 Å². The second-order valence-corrected chi connectivity index (χ2v) is 5.92. The zero-order valence-corrected chi connectivity index (χ0v) is 14.6. The van der Waals surface area contributed by atoms with Gasteiger partial charge in [-0.05, 0) is 24.6 Å². The van der Waals surface area contributed by atoms with Crippen molar-refractivity contribution in [3.8, 4) is 0 Å². The van der Waals surface area contributed by atoms with Gasteiger partial charge in [-0.1, -0.05) is 11.6 Å². The van der Waals surface area contributed by atoms with Crippen molar-refractivity contribution < 1.29 is 23.9 Å². The standard InChI is InChI=1S/C15H13ClN2O5S/c1-7-9(14(20)22-2)13(24-10(7)15(21)23-3)18-12(19)8-5-4-6-17-11(8)16/h4-6H,1-3H3,(H,18,19). The molecule has 0 aliphatic carbocycles. The first-order valence-electron chi connectivity index (χ1n) is 6.62. The minimum atomic E-state index is -0.675.